The molecular weight excluding hydrogens is 333 g/mol. The average molecular weight is 352 g/mol. The Morgan fingerprint density at radius 1 is 1.24 bits per heavy atom. The molecule has 0 radical (unpaired) electrons. The Kier molecular flexibility index (Phi) is 5.62. The van der Waals surface area contributed by atoms with E-state index in [2.05, 4.69) is 28.2 Å². The maximum absolute atomic E-state index is 13.3. The lowest BCUT2D eigenvalue weighted by Crippen LogP contribution is -2.08. The van der Waals surface area contributed by atoms with Gasteiger partial charge in [-0.25, -0.2) is 4.39 Å². The molecule has 2 aromatic rings. The second-order valence-corrected chi connectivity index (χ2v) is 5.74. The van der Waals surface area contributed by atoms with Gasteiger partial charge >= 0.3 is 0 Å². The number of hydrogen-bond donors (Lipinski definition) is 1. The van der Waals surface area contributed by atoms with Crippen LogP contribution in [0.1, 0.15) is 31.9 Å². The molecule has 0 saturated carbocycles. The zero-order valence-corrected chi connectivity index (χ0v) is 13.8. The van der Waals surface area contributed by atoms with Gasteiger partial charge in [0.25, 0.3) is 0 Å². The Labute approximate surface area is 133 Å². The predicted octanol–water partition coefficient (Wildman–Crippen LogP) is 5.55. The molecule has 112 valence electrons. The van der Waals surface area contributed by atoms with Crippen molar-refractivity contribution in [1.29, 1.82) is 0 Å². The smallest absolute Gasteiger partial charge is 0.142 e. The van der Waals surface area contributed by atoms with Crippen molar-refractivity contribution in [2.45, 2.75) is 26.3 Å². The van der Waals surface area contributed by atoms with E-state index >= 15 is 0 Å². The van der Waals surface area contributed by atoms with Crippen LogP contribution in [0.5, 0.6) is 5.75 Å². The number of rotatable bonds is 6. The molecule has 0 heterocycles. The molecule has 0 bridgehead atoms. The van der Waals surface area contributed by atoms with Gasteiger partial charge in [0.05, 0.1) is 16.8 Å². The molecule has 0 fully saturated rings. The predicted molar refractivity (Wildman–Crippen MR) is 88.4 cm³/mol. The van der Waals surface area contributed by atoms with Gasteiger partial charge in [0.2, 0.25) is 0 Å². The summed E-state index contributed by atoms with van der Waals surface area (Å²) < 4.78 is 19.5. The normalized spacial score (nSPS) is 12.0. The summed E-state index contributed by atoms with van der Waals surface area (Å²) in [7, 11) is 0. The van der Waals surface area contributed by atoms with E-state index in [0.717, 1.165) is 23.4 Å². The first-order valence-electron chi connectivity index (χ1n) is 7.05. The van der Waals surface area contributed by atoms with Crippen molar-refractivity contribution in [3.63, 3.8) is 0 Å². The third-order valence-electron chi connectivity index (χ3n) is 3.16. The quantitative estimate of drug-likeness (QED) is 0.736. The van der Waals surface area contributed by atoms with Gasteiger partial charge in [0, 0.05) is 6.04 Å². The first-order chi connectivity index (χ1) is 10.1. The van der Waals surface area contributed by atoms with Crippen LogP contribution in [0.25, 0.3) is 0 Å². The van der Waals surface area contributed by atoms with Gasteiger partial charge in [0.15, 0.2) is 0 Å². The number of hydrogen-bond acceptors (Lipinski definition) is 2. The Morgan fingerprint density at radius 2 is 2.00 bits per heavy atom. The first kappa shape index (κ1) is 15.8. The average Bonchev–Trinajstić information content (AvgIpc) is 2.49. The van der Waals surface area contributed by atoms with E-state index in [1.807, 2.05) is 31.2 Å². The minimum absolute atomic E-state index is 0.0493. The number of anilines is 1. The molecule has 0 amide bonds. The Morgan fingerprint density at radius 3 is 2.71 bits per heavy atom. The fourth-order valence-electron chi connectivity index (χ4n) is 2.02. The van der Waals surface area contributed by atoms with Gasteiger partial charge in [-0.1, -0.05) is 25.1 Å². The molecule has 1 atom stereocenters. The number of nitrogens with one attached hydrogen (secondary N) is 1. The number of para-hydroxylation sites is 2. The zero-order chi connectivity index (χ0) is 15.2. The molecule has 0 aliphatic rings. The fourth-order valence-corrected chi connectivity index (χ4v) is 2.42. The second-order valence-electron chi connectivity index (χ2n) is 4.88. The number of halogens is 2. The highest BCUT2D eigenvalue weighted by molar-refractivity contribution is 9.10. The summed E-state index contributed by atoms with van der Waals surface area (Å²) in [6.45, 7) is 4.81. The van der Waals surface area contributed by atoms with Crippen LogP contribution in [0.2, 0.25) is 0 Å². The number of benzene rings is 2. The van der Waals surface area contributed by atoms with Crippen LogP contribution in [0.15, 0.2) is 46.9 Å². The van der Waals surface area contributed by atoms with Crippen LogP contribution in [0, 0.1) is 5.82 Å². The third-order valence-corrected chi connectivity index (χ3v) is 3.77. The maximum atomic E-state index is 13.3. The fraction of sp³-hybridized carbons (Fsp3) is 0.294. The van der Waals surface area contributed by atoms with Crippen LogP contribution >= 0.6 is 15.9 Å². The van der Waals surface area contributed by atoms with Crippen LogP contribution in [0.3, 0.4) is 0 Å². The Bertz CT molecular complexity index is 603. The van der Waals surface area contributed by atoms with Crippen LogP contribution in [-0.2, 0) is 0 Å². The van der Waals surface area contributed by atoms with E-state index in [1.54, 1.807) is 12.1 Å². The minimum Gasteiger partial charge on any atom is -0.491 e. The van der Waals surface area contributed by atoms with Crippen molar-refractivity contribution in [1.82, 2.24) is 0 Å². The SMILES string of the molecule is CCCOc1ccccc1NC(C)c1ccc(F)c(Br)c1. The van der Waals surface area contributed by atoms with Gasteiger partial charge in [-0.05, 0) is 59.1 Å². The summed E-state index contributed by atoms with van der Waals surface area (Å²) in [5.74, 6) is 0.588. The number of ether oxygens (including phenoxy) is 1. The Balaban J connectivity index is 2.15. The molecule has 1 N–H and O–H groups in total. The zero-order valence-electron chi connectivity index (χ0n) is 12.2. The standard InChI is InChI=1S/C17H19BrFNO/c1-3-10-21-17-7-5-4-6-16(17)20-12(2)13-8-9-15(19)14(18)11-13/h4-9,11-12,20H,3,10H2,1-2H3. The van der Waals surface area contributed by atoms with Crippen molar-refractivity contribution < 1.29 is 9.13 Å². The molecule has 0 saturated heterocycles. The molecule has 0 aromatic heterocycles. The van der Waals surface area contributed by atoms with Gasteiger partial charge in [-0.3, -0.25) is 0 Å². The van der Waals surface area contributed by atoms with E-state index in [-0.39, 0.29) is 11.9 Å². The van der Waals surface area contributed by atoms with Gasteiger partial charge in [-0.15, -0.1) is 0 Å². The first-order valence-corrected chi connectivity index (χ1v) is 7.84. The second kappa shape index (κ2) is 7.46. The summed E-state index contributed by atoms with van der Waals surface area (Å²) in [4.78, 5) is 0. The molecule has 0 aliphatic carbocycles. The van der Waals surface area contributed by atoms with Gasteiger partial charge in [0.1, 0.15) is 11.6 Å². The molecule has 2 rings (SSSR count). The van der Waals surface area contributed by atoms with Crippen LogP contribution in [-0.4, -0.2) is 6.61 Å². The third kappa shape index (κ3) is 4.21. The maximum Gasteiger partial charge on any atom is 0.142 e. The van der Waals surface area contributed by atoms with Crippen molar-refractivity contribution in [2.75, 3.05) is 11.9 Å². The highest BCUT2D eigenvalue weighted by Gasteiger charge is 2.10. The monoisotopic (exact) mass is 351 g/mol. The van der Waals surface area contributed by atoms with Gasteiger partial charge < -0.3 is 10.1 Å². The molecule has 4 heteroatoms. The van der Waals surface area contributed by atoms with E-state index < -0.39 is 0 Å². The van der Waals surface area contributed by atoms with E-state index in [4.69, 9.17) is 4.74 Å². The van der Waals surface area contributed by atoms with Crippen molar-refractivity contribution in [2.24, 2.45) is 0 Å². The van der Waals surface area contributed by atoms with Crippen LogP contribution in [0.4, 0.5) is 10.1 Å². The van der Waals surface area contributed by atoms with Crippen LogP contribution < -0.4 is 10.1 Å². The molecule has 0 spiro atoms. The molecule has 2 nitrogen and oxygen atoms in total. The van der Waals surface area contributed by atoms with Crippen molar-refractivity contribution in [3.05, 3.63) is 58.3 Å². The highest BCUT2D eigenvalue weighted by atomic mass is 79.9. The summed E-state index contributed by atoms with van der Waals surface area (Å²) in [6.07, 6.45) is 0.967. The molecule has 1 unspecified atom stereocenters. The lowest BCUT2D eigenvalue weighted by atomic mass is 10.1. The lowest BCUT2D eigenvalue weighted by Gasteiger charge is -2.19. The molecule has 2 aromatic carbocycles. The molecular formula is C17H19BrFNO. The molecule has 0 aliphatic heterocycles. The summed E-state index contributed by atoms with van der Waals surface area (Å²) in [5.41, 5.74) is 1.95. The van der Waals surface area contributed by atoms with Crippen molar-refractivity contribution >= 4 is 21.6 Å². The largest absolute Gasteiger partial charge is 0.491 e. The summed E-state index contributed by atoms with van der Waals surface area (Å²) >= 11 is 3.22. The van der Waals surface area contributed by atoms with E-state index in [0.29, 0.717) is 11.1 Å². The summed E-state index contributed by atoms with van der Waals surface area (Å²) in [5, 5.41) is 3.41. The highest BCUT2D eigenvalue weighted by Crippen LogP contribution is 2.29. The Hall–Kier alpha value is -1.55. The lowest BCUT2D eigenvalue weighted by molar-refractivity contribution is 0.318. The topological polar surface area (TPSA) is 21.3 Å². The summed E-state index contributed by atoms with van der Waals surface area (Å²) in [6, 6.07) is 13.0. The molecule has 21 heavy (non-hydrogen) atoms. The minimum atomic E-state index is -0.252. The van der Waals surface area contributed by atoms with Crippen molar-refractivity contribution in [3.8, 4) is 5.75 Å². The van der Waals surface area contributed by atoms with E-state index in [9.17, 15) is 4.39 Å². The van der Waals surface area contributed by atoms with Gasteiger partial charge in [-0.2, -0.15) is 0 Å². The van der Waals surface area contributed by atoms with E-state index in [1.165, 1.54) is 6.07 Å².